The van der Waals surface area contributed by atoms with Crippen molar-refractivity contribution >= 4 is 23.5 Å². The van der Waals surface area contributed by atoms with Gasteiger partial charge in [0.1, 0.15) is 17.7 Å². The molecule has 0 saturated heterocycles. The lowest BCUT2D eigenvalue weighted by molar-refractivity contribution is -0.129. The van der Waals surface area contributed by atoms with E-state index in [1.807, 2.05) is 44.2 Å². The molecule has 0 bridgehead atoms. The molecule has 2 N–H and O–H groups in total. The number of rotatable bonds is 4. The number of hydrogen-bond donors (Lipinski definition) is 2. The van der Waals surface area contributed by atoms with Crippen molar-refractivity contribution in [1.82, 2.24) is 30.3 Å². The first-order valence-electron chi connectivity index (χ1n) is 14.7. The highest BCUT2D eigenvalue weighted by atomic mass is 16.2. The molecule has 2 aromatic carbocycles. The van der Waals surface area contributed by atoms with Gasteiger partial charge in [-0.3, -0.25) is 19.2 Å². The third kappa shape index (κ3) is 6.42. The molecule has 0 radical (unpaired) electrons. The molecule has 10 heteroatoms. The number of carbonyl (C=O) groups excluding carboxylic acids is 4. The molecule has 0 spiro atoms. The van der Waals surface area contributed by atoms with E-state index in [0.29, 0.717) is 68.1 Å². The molecule has 1 aliphatic heterocycles. The fourth-order valence-electron chi connectivity index (χ4n) is 5.80. The summed E-state index contributed by atoms with van der Waals surface area (Å²) in [6.45, 7) is 6.85. The molecule has 0 fully saturated rings. The number of carbonyl (C=O) groups is 4. The molecule has 2 heterocycles. The Morgan fingerprint density at radius 1 is 0.952 bits per heavy atom. The van der Waals surface area contributed by atoms with E-state index in [1.54, 1.807) is 34.7 Å². The quantitative estimate of drug-likeness (QED) is 0.496. The summed E-state index contributed by atoms with van der Waals surface area (Å²) < 4.78 is 1.77. The normalized spacial score (nSPS) is 20.0. The third-order valence-electron chi connectivity index (χ3n) is 7.99. The van der Waals surface area contributed by atoms with Gasteiger partial charge >= 0.3 is 0 Å². The van der Waals surface area contributed by atoms with Crippen LogP contribution >= 0.6 is 0 Å². The summed E-state index contributed by atoms with van der Waals surface area (Å²) in [5.74, 6) is 0.535. The van der Waals surface area contributed by atoms with Gasteiger partial charge in [0.25, 0.3) is 5.91 Å². The molecule has 1 aliphatic carbocycles. The van der Waals surface area contributed by atoms with Gasteiger partial charge in [-0.25, -0.2) is 9.67 Å². The number of aromatic nitrogens is 3. The van der Waals surface area contributed by atoms with Crippen LogP contribution in [0.5, 0.6) is 0 Å². The maximum absolute atomic E-state index is 13.9. The van der Waals surface area contributed by atoms with E-state index in [4.69, 9.17) is 0 Å². The number of nitrogens with zero attached hydrogens (tertiary/aromatic N) is 4. The number of benzene rings is 2. The number of amides is 3. The minimum atomic E-state index is -0.774. The molecule has 1 aromatic heterocycles. The second-order valence-corrected chi connectivity index (χ2v) is 11.4. The molecule has 5 rings (SSSR count). The lowest BCUT2D eigenvalue weighted by atomic mass is 10.0. The fraction of sp³-hybridized carbons (Fsp3) is 0.438. The van der Waals surface area contributed by atoms with Crippen molar-refractivity contribution < 1.29 is 19.2 Å². The summed E-state index contributed by atoms with van der Waals surface area (Å²) in [4.78, 5) is 59.4. The summed E-state index contributed by atoms with van der Waals surface area (Å²) in [5.41, 5.74) is 2.89. The number of ketones is 1. The van der Waals surface area contributed by atoms with Crippen LogP contribution in [0, 0.1) is 12.8 Å². The average molecular weight is 571 g/mol. The largest absolute Gasteiger partial charge is 0.344 e. The van der Waals surface area contributed by atoms with Crippen LogP contribution in [-0.4, -0.2) is 62.3 Å². The van der Waals surface area contributed by atoms with Crippen molar-refractivity contribution in [2.24, 2.45) is 5.92 Å². The predicted molar refractivity (Wildman–Crippen MR) is 157 cm³/mol. The Labute approximate surface area is 245 Å². The highest BCUT2D eigenvalue weighted by Crippen LogP contribution is 2.27. The first-order valence-corrected chi connectivity index (χ1v) is 14.7. The van der Waals surface area contributed by atoms with Crippen LogP contribution in [0.25, 0.3) is 0 Å². The average Bonchev–Trinajstić information content (AvgIpc) is 3.54. The van der Waals surface area contributed by atoms with E-state index < -0.39 is 12.1 Å². The molecule has 10 nitrogen and oxygen atoms in total. The number of aryl methyl sites for hydroxylation is 1. The van der Waals surface area contributed by atoms with Crippen molar-refractivity contribution in [3.8, 4) is 0 Å². The Hall–Kier alpha value is -4.34. The van der Waals surface area contributed by atoms with Gasteiger partial charge in [0, 0.05) is 43.5 Å². The monoisotopic (exact) mass is 570 g/mol. The second-order valence-electron chi connectivity index (χ2n) is 11.4. The van der Waals surface area contributed by atoms with Crippen LogP contribution in [0.1, 0.15) is 82.6 Å². The van der Waals surface area contributed by atoms with Crippen molar-refractivity contribution in [1.29, 1.82) is 0 Å². The molecule has 3 aromatic rings. The molecular formula is C32H38N6O4. The summed E-state index contributed by atoms with van der Waals surface area (Å²) in [6.07, 6.45) is 1.89. The SMILES string of the molecule is Cc1nc2n(n1)CCN(C(=O)c1cccc3c1CCC3=O)CCCC(=O)N[C@@H](Cc1ccccc1)C(=O)N[C@@H]2C(C)C. The van der Waals surface area contributed by atoms with Crippen LogP contribution in [0.15, 0.2) is 48.5 Å². The lowest BCUT2D eigenvalue weighted by Crippen LogP contribution is -2.50. The van der Waals surface area contributed by atoms with E-state index in [9.17, 15) is 19.2 Å². The van der Waals surface area contributed by atoms with Gasteiger partial charge in [0.2, 0.25) is 11.8 Å². The van der Waals surface area contributed by atoms with Gasteiger partial charge in [0.15, 0.2) is 5.78 Å². The highest BCUT2D eigenvalue weighted by Gasteiger charge is 2.31. The molecule has 220 valence electrons. The zero-order valence-corrected chi connectivity index (χ0v) is 24.4. The molecule has 0 saturated carbocycles. The minimum absolute atomic E-state index is 0.0144. The van der Waals surface area contributed by atoms with Gasteiger partial charge in [0.05, 0.1) is 12.6 Å². The van der Waals surface area contributed by atoms with Crippen molar-refractivity contribution in [3.63, 3.8) is 0 Å². The van der Waals surface area contributed by atoms with Crippen LogP contribution in [0.4, 0.5) is 0 Å². The number of Topliss-reactive ketones (excluding diaryl/α,β-unsaturated/α-hetero) is 1. The first kappa shape index (κ1) is 29.2. The minimum Gasteiger partial charge on any atom is -0.344 e. The van der Waals surface area contributed by atoms with Crippen molar-refractivity contribution in [2.75, 3.05) is 13.1 Å². The lowest BCUT2D eigenvalue weighted by Gasteiger charge is -2.28. The van der Waals surface area contributed by atoms with Crippen LogP contribution in [0.3, 0.4) is 0 Å². The van der Waals surface area contributed by atoms with E-state index in [0.717, 1.165) is 11.1 Å². The van der Waals surface area contributed by atoms with Gasteiger partial charge in [-0.05, 0) is 42.9 Å². The molecule has 0 unspecified atom stereocenters. The van der Waals surface area contributed by atoms with Gasteiger partial charge in [-0.2, -0.15) is 5.10 Å². The Kier molecular flexibility index (Phi) is 8.80. The van der Waals surface area contributed by atoms with Gasteiger partial charge < -0.3 is 15.5 Å². The maximum Gasteiger partial charge on any atom is 0.254 e. The van der Waals surface area contributed by atoms with Crippen LogP contribution < -0.4 is 10.6 Å². The number of hydrogen-bond acceptors (Lipinski definition) is 6. The highest BCUT2D eigenvalue weighted by molar-refractivity contribution is 6.05. The Bertz CT molecular complexity index is 1480. The summed E-state index contributed by atoms with van der Waals surface area (Å²) in [6, 6.07) is 13.7. The number of nitrogens with one attached hydrogen (secondary N) is 2. The van der Waals surface area contributed by atoms with E-state index >= 15 is 0 Å². The predicted octanol–water partition coefficient (Wildman–Crippen LogP) is 3.19. The standard InChI is InChI=1S/C32H38N6O4/c1-20(2)29-30-33-21(3)36-38(30)18-17-37(32(42)25-12-7-11-24-23(25)14-15-27(24)39)16-8-13-28(40)34-26(31(41)35-29)19-22-9-5-4-6-10-22/h4-7,9-12,20,26,29H,8,13-19H2,1-3H3,(H,34,40)(H,35,41)/t26-,29+/m0/s1. The molecule has 2 aliphatic rings. The smallest absolute Gasteiger partial charge is 0.254 e. The molecule has 3 amide bonds. The van der Waals surface area contributed by atoms with E-state index in [-0.39, 0.29) is 35.8 Å². The van der Waals surface area contributed by atoms with Crippen LogP contribution in [0.2, 0.25) is 0 Å². The zero-order valence-electron chi connectivity index (χ0n) is 24.4. The van der Waals surface area contributed by atoms with Crippen LogP contribution in [-0.2, 0) is 29.0 Å². The van der Waals surface area contributed by atoms with E-state index in [2.05, 4.69) is 20.7 Å². The van der Waals surface area contributed by atoms with Crippen molar-refractivity contribution in [2.45, 2.75) is 71.5 Å². The Balaban J connectivity index is 1.46. The first-order chi connectivity index (χ1) is 20.2. The van der Waals surface area contributed by atoms with Gasteiger partial charge in [-0.15, -0.1) is 0 Å². The zero-order chi connectivity index (χ0) is 29.8. The van der Waals surface area contributed by atoms with Gasteiger partial charge in [-0.1, -0.05) is 56.3 Å². The second kappa shape index (κ2) is 12.7. The fourth-order valence-corrected chi connectivity index (χ4v) is 5.80. The summed E-state index contributed by atoms with van der Waals surface area (Å²) >= 11 is 0. The van der Waals surface area contributed by atoms with E-state index in [1.165, 1.54) is 0 Å². The Morgan fingerprint density at radius 3 is 2.50 bits per heavy atom. The third-order valence-corrected chi connectivity index (χ3v) is 7.99. The van der Waals surface area contributed by atoms with Crippen molar-refractivity contribution in [3.05, 3.63) is 82.4 Å². The maximum atomic E-state index is 13.9. The Morgan fingerprint density at radius 2 is 1.74 bits per heavy atom. The summed E-state index contributed by atoms with van der Waals surface area (Å²) in [7, 11) is 0. The molecule has 42 heavy (non-hydrogen) atoms. The molecular weight excluding hydrogens is 532 g/mol. The topological polar surface area (TPSA) is 126 Å². The number of fused-ring (bicyclic) bond motifs is 2. The molecule has 2 atom stereocenters. The summed E-state index contributed by atoms with van der Waals surface area (Å²) in [5, 5.41) is 10.7.